The highest BCUT2D eigenvalue weighted by molar-refractivity contribution is 7.92. The smallest absolute Gasteiger partial charge is 0.264 e. The normalized spacial score (nSPS) is 11.3. The number of hydrogen-bond acceptors (Lipinski definition) is 6. The molecule has 0 unspecified atom stereocenters. The Balaban J connectivity index is 1.78. The van der Waals surface area contributed by atoms with E-state index in [1.165, 1.54) is 18.2 Å². The highest BCUT2D eigenvalue weighted by Gasteiger charge is 2.22. The van der Waals surface area contributed by atoms with Crippen molar-refractivity contribution in [2.45, 2.75) is 4.90 Å². The maximum atomic E-state index is 13.0. The lowest BCUT2D eigenvalue weighted by Gasteiger charge is -2.14. The van der Waals surface area contributed by atoms with Crippen molar-refractivity contribution in [1.82, 2.24) is 9.97 Å². The third-order valence-electron chi connectivity index (χ3n) is 4.34. The maximum absolute atomic E-state index is 13.0. The topological polar surface area (TPSA) is 93.2 Å². The fourth-order valence-electron chi connectivity index (χ4n) is 2.83. The summed E-state index contributed by atoms with van der Waals surface area (Å²) in [6, 6.07) is 18.4. The van der Waals surface area contributed by atoms with Gasteiger partial charge in [-0.15, -0.1) is 0 Å². The molecule has 1 heterocycles. The molecule has 4 rings (SSSR count). The van der Waals surface area contributed by atoms with E-state index < -0.39 is 10.0 Å². The van der Waals surface area contributed by atoms with Gasteiger partial charge in [0.25, 0.3) is 10.0 Å². The highest BCUT2D eigenvalue weighted by Crippen LogP contribution is 2.30. The minimum atomic E-state index is -4.09. The summed E-state index contributed by atoms with van der Waals surface area (Å²) in [5.74, 6) is 0.933. The number of nitrogens with one attached hydrogen (secondary N) is 2. The summed E-state index contributed by atoms with van der Waals surface area (Å²) >= 11 is 12.1. The van der Waals surface area contributed by atoms with Gasteiger partial charge in [-0.2, -0.15) is 0 Å². The molecular formula is C21H16Cl2N4O3S. The molecule has 7 nitrogen and oxygen atoms in total. The molecule has 3 aromatic carbocycles. The molecule has 0 spiro atoms. The van der Waals surface area contributed by atoms with Crippen LogP contribution in [0, 0.1) is 0 Å². The van der Waals surface area contributed by atoms with Crippen LogP contribution in [0.25, 0.3) is 11.0 Å². The number of hydrogen-bond donors (Lipinski definition) is 2. The lowest BCUT2D eigenvalue weighted by molar-refractivity contribution is 0.415. The number of rotatable bonds is 6. The van der Waals surface area contributed by atoms with E-state index >= 15 is 0 Å². The number of anilines is 3. The highest BCUT2D eigenvalue weighted by atomic mass is 35.5. The molecule has 2 N–H and O–H groups in total. The molecule has 158 valence electrons. The van der Waals surface area contributed by atoms with E-state index in [2.05, 4.69) is 20.0 Å². The standard InChI is InChI=1S/C21H16Cl2N4O3S/c1-30-15-9-7-14(8-10-15)24-20-21(26-18-5-3-2-4-17(18)25-20)27-31(28,29)19-12-13(22)6-11-16(19)23/h2-12H,1H3,(H,24,25)(H,26,27). The molecule has 0 aliphatic rings. The molecule has 0 radical (unpaired) electrons. The molecule has 0 saturated heterocycles. The summed E-state index contributed by atoms with van der Waals surface area (Å²) in [5.41, 5.74) is 1.80. The van der Waals surface area contributed by atoms with Crippen molar-refractivity contribution in [3.05, 3.63) is 76.8 Å². The van der Waals surface area contributed by atoms with Crippen LogP contribution in [0.15, 0.2) is 71.6 Å². The molecular weight excluding hydrogens is 459 g/mol. The van der Waals surface area contributed by atoms with Gasteiger partial charge >= 0.3 is 0 Å². The Morgan fingerprint density at radius 3 is 2.16 bits per heavy atom. The Labute approximate surface area is 189 Å². The number of nitrogens with zero attached hydrogens (tertiary/aromatic N) is 2. The molecule has 10 heteroatoms. The summed E-state index contributed by atoms with van der Waals surface area (Å²) in [5, 5.41) is 3.38. The predicted molar refractivity (Wildman–Crippen MR) is 123 cm³/mol. The fourth-order valence-corrected chi connectivity index (χ4v) is 4.61. The second kappa shape index (κ2) is 8.58. The van der Waals surface area contributed by atoms with Crippen LogP contribution in [-0.2, 0) is 10.0 Å². The maximum Gasteiger partial charge on any atom is 0.264 e. The SMILES string of the molecule is COc1ccc(Nc2nc3ccccc3nc2NS(=O)(=O)c2cc(Cl)ccc2Cl)cc1. The quantitative estimate of drug-likeness (QED) is 0.383. The van der Waals surface area contributed by atoms with Crippen molar-refractivity contribution in [3.8, 4) is 5.75 Å². The second-order valence-electron chi connectivity index (χ2n) is 6.44. The summed E-state index contributed by atoms with van der Waals surface area (Å²) in [6.07, 6.45) is 0. The van der Waals surface area contributed by atoms with Crippen molar-refractivity contribution in [2.24, 2.45) is 0 Å². The summed E-state index contributed by atoms with van der Waals surface area (Å²) in [4.78, 5) is 8.83. The molecule has 0 bridgehead atoms. The summed E-state index contributed by atoms with van der Waals surface area (Å²) < 4.78 is 33.7. The second-order valence-corrected chi connectivity index (χ2v) is 8.94. The number of methoxy groups -OCH3 is 1. The first-order valence-corrected chi connectivity index (χ1v) is 11.3. The zero-order valence-corrected chi connectivity index (χ0v) is 18.5. The van der Waals surface area contributed by atoms with E-state index in [9.17, 15) is 8.42 Å². The molecule has 31 heavy (non-hydrogen) atoms. The molecule has 0 amide bonds. The first-order valence-electron chi connectivity index (χ1n) is 9.01. The van der Waals surface area contributed by atoms with Crippen LogP contribution >= 0.6 is 23.2 Å². The van der Waals surface area contributed by atoms with Gasteiger partial charge in [-0.1, -0.05) is 35.3 Å². The average molecular weight is 475 g/mol. The number of fused-ring (bicyclic) bond motifs is 1. The summed E-state index contributed by atoms with van der Waals surface area (Å²) in [7, 11) is -2.51. The zero-order valence-electron chi connectivity index (χ0n) is 16.1. The molecule has 0 aliphatic carbocycles. The van der Waals surface area contributed by atoms with Crippen molar-refractivity contribution in [1.29, 1.82) is 0 Å². The number of ether oxygens (including phenoxy) is 1. The van der Waals surface area contributed by atoms with Crippen LogP contribution in [0.2, 0.25) is 10.0 Å². The molecule has 0 atom stereocenters. The largest absolute Gasteiger partial charge is 0.497 e. The Morgan fingerprint density at radius 1 is 0.871 bits per heavy atom. The first kappa shape index (κ1) is 21.2. The van der Waals surface area contributed by atoms with Crippen molar-refractivity contribution >= 4 is 61.6 Å². The van der Waals surface area contributed by atoms with Crippen LogP contribution in [0.3, 0.4) is 0 Å². The molecule has 0 fully saturated rings. The van der Waals surface area contributed by atoms with E-state index in [4.69, 9.17) is 27.9 Å². The van der Waals surface area contributed by atoms with E-state index in [-0.39, 0.29) is 26.6 Å². The number of aromatic nitrogens is 2. The Bertz CT molecular complexity index is 1360. The van der Waals surface area contributed by atoms with Crippen LogP contribution in [0.1, 0.15) is 0 Å². The monoisotopic (exact) mass is 474 g/mol. The van der Waals surface area contributed by atoms with Crippen LogP contribution < -0.4 is 14.8 Å². The zero-order chi connectivity index (χ0) is 22.0. The summed E-state index contributed by atoms with van der Waals surface area (Å²) in [6.45, 7) is 0. The van der Waals surface area contributed by atoms with Gasteiger partial charge in [-0.3, -0.25) is 4.72 Å². The number of benzene rings is 3. The van der Waals surface area contributed by atoms with Crippen molar-refractivity contribution < 1.29 is 13.2 Å². The fraction of sp³-hybridized carbons (Fsp3) is 0.0476. The van der Waals surface area contributed by atoms with Gasteiger partial charge in [0, 0.05) is 10.7 Å². The molecule has 0 aliphatic heterocycles. The Kier molecular flexibility index (Phi) is 5.86. The van der Waals surface area contributed by atoms with Crippen LogP contribution in [0.4, 0.5) is 17.3 Å². The Morgan fingerprint density at radius 2 is 1.52 bits per heavy atom. The van der Waals surface area contributed by atoms with E-state index in [0.29, 0.717) is 22.5 Å². The van der Waals surface area contributed by atoms with Gasteiger partial charge in [-0.25, -0.2) is 18.4 Å². The minimum Gasteiger partial charge on any atom is -0.497 e. The van der Waals surface area contributed by atoms with E-state index in [1.54, 1.807) is 49.6 Å². The van der Waals surface area contributed by atoms with Gasteiger partial charge in [0.1, 0.15) is 10.6 Å². The van der Waals surface area contributed by atoms with Gasteiger partial charge < -0.3 is 10.1 Å². The molecule has 4 aromatic rings. The van der Waals surface area contributed by atoms with E-state index in [0.717, 1.165) is 0 Å². The minimum absolute atomic E-state index is 0.0190. The van der Waals surface area contributed by atoms with Crippen molar-refractivity contribution in [2.75, 3.05) is 17.1 Å². The van der Waals surface area contributed by atoms with Gasteiger partial charge in [0.05, 0.1) is 23.2 Å². The van der Waals surface area contributed by atoms with Gasteiger partial charge in [0.2, 0.25) is 0 Å². The van der Waals surface area contributed by atoms with Gasteiger partial charge in [-0.05, 0) is 54.6 Å². The predicted octanol–water partition coefficient (Wildman–Crippen LogP) is 5.49. The van der Waals surface area contributed by atoms with Gasteiger partial charge in [0.15, 0.2) is 11.6 Å². The van der Waals surface area contributed by atoms with E-state index in [1.807, 2.05) is 6.07 Å². The molecule has 0 saturated carbocycles. The third-order valence-corrected chi connectivity index (χ3v) is 6.39. The van der Waals surface area contributed by atoms with Crippen LogP contribution in [0.5, 0.6) is 5.75 Å². The number of sulfonamides is 1. The third kappa shape index (κ3) is 4.66. The van der Waals surface area contributed by atoms with Crippen LogP contribution in [-0.4, -0.2) is 25.5 Å². The number of para-hydroxylation sites is 2. The first-order chi connectivity index (χ1) is 14.9. The Hall–Kier alpha value is -3.07. The lowest BCUT2D eigenvalue weighted by atomic mass is 10.3. The number of halogens is 2. The average Bonchev–Trinajstić information content (AvgIpc) is 2.76. The molecule has 1 aromatic heterocycles. The lowest BCUT2D eigenvalue weighted by Crippen LogP contribution is -2.16. The van der Waals surface area contributed by atoms with Crippen molar-refractivity contribution in [3.63, 3.8) is 0 Å².